The molecule has 0 aromatic carbocycles. The molecule has 0 radical (unpaired) electrons. The van der Waals surface area contributed by atoms with E-state index in [1.165, 1.54) is 6.21 Å². The lowest BCUT2D eigenvalue weighted by Gasteiger charge is -2.12. The summed E-state index contributed by atoms with van der Waals surface area (Å²) in [6, 6.07) is 0.0331. The smallest absolute Gasteiger partial charge is 0.125 e. The Hall–Kier alpha value is -1.52. The van der Waals surface area contributed by atoms with Gasteiger partial charge >= 0.3 is 0 Å². The first-order valence-electron chi connectivity index (χ1n) is 4.78. The Kier molecular flexibility index (Phi) is 3.97. The maximum absolute atomic E-state index is 8.43. The lowest BCUT2D eigenvalue weighted by atomic mass is 10.2. The zero-order valence-corrected chi connectivity index (χ0v) is 8.49. The van der Waals surface area contributed by atoms with Crippen LogP contribution in [0.25, 0.3) is 0 Å². The van der Waals surface area contributed by atoms with Gasteiger partial charge in [0.15, 0.2) is 0 Å². The van der Waals surface area contributed by atoms with Gasteiger partial charge in [0.05, 0.1) is 18.5 Å². The molecule has 0 aliphatic rings. The van der Waals surface area contributed by atoms with E-state index in [0.717, 1.165) is 24.2 Å². The summed E-state index contributed by atoms with van der Waals surface area (Å²) in [4.78, 5) is 0. The summed E-state index contributed by atoms with van der Waals surface area (Å²) in [5.74, 6) is 0.902. The van der Waals surface area contributed by atoms with Crippen LogP contribution in [-0.2, 0) is 6.42 Å². The quantitative estimate of drug-likeness (QED) is 0.380. The summed E-state index contributed by atoms with van der Waals surface area (Å²) >= 11 is 0. The first-order valence-corrected chi connectivity index (χ1v) is 4.78. The van der Waals surface area contributed by atoms with Gasteiger partial charge < -0.3 is 10.5 Å². The van der Waals surface area contributed by atoms with Crippen molar-refractivity contribution in [3.63, 3.8) is 0 Å². The second kappa shape index (κ2) is 5.26. The fourth-order valence-corrected chi connectivity index (χ4v) is 1.21. The minimum atomic E-state index is 0.0331. The topological polar surface area (TPSA) is 73.3 Å². The zero-order chi connectivity index (χ0) is 10.4. The molecule has 5 heteroatoms. The van der Waals surface area contributed by atoms with E-state index in [0.29, 0.717) is 0 Å². The van der Waals surface area contributed by atoms with Gasteiger partial charge in [-0.2, -0.15) is 5.10 Å². The van der Waals surface area contributed by atoms with Crippen molar-refractivity contribution in [2.24, 2.45) is 5.16 Å². The van der Waals surface area contributed by atoms with Crippen molar-refractivity contribution >= 4 is 12.0 Å². The first kappa shape index (κ1) is 10.6. The van der Waals surface area contributed by atoms with Crippen molar-refractivity contribution in [2.45, 2.75) is 32.7 Å². The van der Waals surface area contributed by atoms with E-state index in [2.05, 4.69) is 27.6 Å². The molecule has 0 bridgehead atoms. The van der Waals surface area contributed by atoms with E-state index < -0.39 is 0 Å². The van der Waals surface area contributed by atoms with Crippen molar-refractivity contribution in [3.05, 3.63) is 11.8 Å². The van der Waals surface area contributed by atoms with E-state index in [-0.39, 0.29) is 6.04 Å². The predicted octanol–water partition coefficient (Wildman–Crippen LogP) is 1.62. The molecule has 1 unspecified atom stereocenters. The number of aryl methyl sites for hydroxylation is 1. The molecule has 1 heterocycles. The molecule has 1 atom stereocenters. The number of anilines is 1. The number of H-pyrrole nitrogens is 1. The van der Waals surface area contributed by atoms with Crippen LogP contribution in [-0.4, -0.2) is 27.7 Å². The monoisotopic (exact) mass is 196 g/mol. The molecule has 78 valence electrons. The highest BCUT2D eigenvalue weighted by atomic mass is 16.4. The number of hydrogen-bond acceptors (Lipinski definition) is 4. The second-order valence-electron chi connectivity index (χ2n) is 3.05. The maximum Gasteiger partial charge on any atom is 0.125 e. The molecule has 0 fully saturated rings. The predicted molar refractivity (Wildman–Crippen MR) is 55.9 cm³/mol. The zero-order valence-electron chi connectivity index (χ0n) is 8.49. The summed E-state index contributed by atoms with van der Waals surface area (Å²) in [5.41, 5.74) is 1.13. The maximum atomic E-state index is 8.43. The van der Waals surface area contributed by atoms with E-state index in [1.54, 1.807) is 6.20 Å². The van der Waals surface area contributed by atoms with Crippen LogP contribution >= 0.6 is 0 Å². The van der Waals surface area contributed by atoms with Crippen LogP contribution in [0.5, 0.6) is 0 Å². The van der Waals surface area contributed by atoms with Gasteiger partial charge in [0.1, 0.15) is 5.82 Å². The molecule has 0 aliphatic heterocycles. The molecule has 0 aliphatic carbocycles. The van der Waals surface area contributed by atoms with Crippen molar-refractivity contribution in [2.75, 3.05) is 5.32 Å². The molecule has 1 rings (SSSR count). The van der Waals surface area contributed by atoms with Gasteiger partial charge in [-0.15, -0.1) is 0 Å². The van der Waals surface area contributed by atoms with Gasteiger partial charge in [0.25, 0.3) is 0 Å². The van der Waals surface area contributed by atoms with Gasteiger partial charge in [-0.3, -0.25) is 5.10 Å². The molecule has 0 amide bonds. The lowest BCUT2D eigenvalue weighted by Crippen LogP contribution is -2.20. The number of nitrogens with one attached hydrogen (secondary N) is 2. The molecular weight excluding hydrogens is 180 g/mol. The number of aromatic amines is 1. The highest BCUT2D eigenvalue weighted by Crippen LogP contribution is 2.12. The van der Waals surface area contributed by atoms with Crippen LogP contribution in [0.1, 0.15) is 25.8 Å². The molecule has 5 nitrogen and oxygen atoms in total. The van der Waals surface area contributed by atoms with E-state index in [1.807, 2.05) is 6.92 Å². The molecule has 3 N–H and O–H groups in total. The third-order valence-electron chi connectivity index (χ3n) is 2.11. The highest BCUT2D eigenvalue weighted by Gasteiger charge is 2.07. The Morgan fingerprint density at radius 3 is 3.07 bits per heavy atom. The van der Waals surface area contributed by atoms with Crippen LogP contribution in [0.2, 0.25) is 0 Å². The van der Waals surface area contributed by atoms with E-state index >= 15 is 0 Å². The van der Waals surface area contributed by atoms with Crippen LogP contribution in [0.4, 0.5) is 5.82 Å². The average Bonchev–Trinajstić information content (AvgIpc) is 2.64. The van der Waals surface area contributed by atoms with Crippen molar-refractivity contribution in [1.82, 2.24) is 10.2 Å². The Balaban J connectivity index is 2.66. The summed E-state index contributed by atoms with van der Waals surface area (Å²) in [7, 11) is 0. The minimum absolute atomic E-state index is 0.0331. The molecule has 14 heavy (non-hydrogen) atoms. The fourth-order valence-electron chi connectivity index (χ4n) is 1.21. The Morgan fingerprint density at radius 2 is 2.50 bits per heavy atom. The average molecular weight is 196 g/mol. The Bertz CT molecular complexity index is 295. The summed E-state index contributed by atoms with van der Waals surface area (Å²) in [6.45, 7) is 4.08. The highest BCUT2D eigenvalue weighted by molar-refractivity contribution is 5.68. The van der Waals surface area contributed by atoms with Crippen molar-refractivity contribution in [3.8, 4) is 0 Å². The van der Waals surface area contributed by atoms with Crippen molar-refractivity contribution in [1.29, 1.82) is 0 Å². The Morgan fingerprint density at radius 1 is 1.71 bits per heavy atom. The second-order valence-corrected chi connectivity index (χ2v) is 3.05. The number of aromatic nitrogens is 2. The van der Waals surface area contributed by atoms with Crippen LogP contribution in [0.3, 0.4) is 0 Å². The van der Waals surface area contributed by atoms with E-state index in [4.69, 9.17) is 5.21 Å². The standard InChI is InChI=1S/C9H16N4O/c1-3-7-5-10-13-9(7)12-8(4-2)6-11-14/h5-6,8,14H,3-4H2,1-2H3,(H2,10,12,13). The van der Waals surface area contributed by atoms with Crippen LogP contribution < -0.4 is 5.32 Å². The fraction of sp³-hybridized carbons (Fsp3) is 0.556. The molecule has 0 saturated carbocycles. The number of rotatable bonds is 5. The number of hydrogen-bond donors (Lipinski definition) is 3. The Labute approximate surface area is 83.2 Å². The largest absolute Gasteiger partial charge is 0.411 e. The van der Waals surface area contributed by atoms with Crippen molar-refractivity contribution < 1.29 is 5.21 Å². The number of oxime groups is 1. The van der Waals surface area contributed by atoms with Crippen LogP contribution in [0, 0.1) is 0 Å². The first-order chi connectivity index (χ1) is 6.81. The van der Waals surface area contributed by atoms with Gasteiger partial charge in [-0.25, -0.2) is 0 Å². The molecular formula is C9H16N4O. The third kappa shape index (κ3) is 2.48. The molecule has 1 aromatic rings. The van der Waals surface area contributed by atoms with Gasteiger partial charge in [-0.1, -0.05) is 19.0 Å². The SMILES string of the molecule is CCc1cn[nH]c1NC(C=NO)CC. The number of nitrogens with zero attached hydrogens (tertiary/aromatic N) is 2. The van der Waals surface area contributed by atoms with Gasteiger partial charge in [-0.05, 0) is 12.8 Å². The van der Waals surface area contributed by atoms with Crippen LogP contribution in [0.15, 0.2) is 11.4 Å². The van der Waals surface area contributed by atoms with Gasteiger partial charge in [0.2, 0.25) is 0 Å². The minimum Gasteiger partial charge on any atom is -0.411 e. The molecule has 0 saturated heterocycles. The van der Waals surface area contributed by atoms with Gasteiger partial charge in [0, 0.05) is 5.56 Å². The van der Waals surface area contributed by atoms with E-state index in [9.17, 15) is 0 Å². The summed E-state index contributed by atoms with van der Waals surface area (Å²) in [6.07, 6.45) is 5.04. The molecule has 1 aromatic heterocycles. The lowest BCUT2D eigenvalue weighted by molar-refractivity contribution is 0.320. The third-order valence-corrected chi connectivity index (χ3v) is 2.11. The molecule has 0 spiro atoms. The summed E-state index contributed by atoms with van der Waals surface area (Å²) < 4.78 is 0. The normalized spacial score (nSPS) is 13.3. The summed E-state index contributed by atoms with van der Waals surface area (Å²) in [5, 5.41) is 21.5.